The molecular weight excluding hydrogens is 130 g/mol. The minimum Gasteiger partial charge on any atom is -0.381 e. The molecule has 1 saturated heterocycles. The summed E-state index contributed by atoms with van der Waals surface area (Å²) in [6, 6.07) is 0. The van der Waals surface area contributed by atoms with Crippen molar-refractivity contribution in [3.8, 4) is 0 Å². The summed E-state index contributed by atoms with van der Waals surface area (Å²) in [4.78, 5) is 10.1. The first-order valence-electron chi connectivity index (χ1n) is 3.56. The van der Waals surface area contributed by atoms with Crippen molar-refractivity contribution in [3.05, 3.63) is 0 Å². The molecule has 0 saturated carbocycles. The Bertz CT molecular complexity index is 119. The third-order valence-corrected chi connectivity index (χ3v) is 2.00. The van der Waals surface area contributed by atoms with Crippen molar-refractivity contribution in [2.45, 2.75) is 25.3 Å². The molecule has 58 valence electrons. The molecule has 0 unspecified atom stereocenters. The normalized spacial score (nSPS) is 23.7. The van der Waals surface area contributed by atoms with Gasteiger partial charge in [-0.2, -0.15) is 0 Å². The van der Waals surface area contributed by atoms with Crippen LogP contribution in [-0.4, -0.2) is 25.2 Å². The summed E-state index contributed by atoms with van der Waals surface area (Å²) >= 11 is 0. The van der Waals surface area contributed by atoms with Crippen molar-refractivity contribution in [1.29, 1.82) is 0 Å². The lowest BCUT2D eigenvalue weighted by atomic mass is 9.93. The quantitative estimate of drug-likeness (QED) is 0.565. The lowest BCUT2D eigenvalue weighted by Crippen LogP contribution is -2.45. The zero-order valence-electron chi connectivity index (χ0n) is 6.22. The van der Waals surface area contributed by atoms with Crippen LogP contribution in [0.3, 0.4) is 0 Å². The Labute approximate surface area is 60.7 Å². The highest BCUT2D eigenvalue weighted by molar-refractivity contribution is 5.47. The molecule has 1 fully saturated rings. The number of carbonyl (C=O) groups excluding carboxylic acids is 1. The van der Waals surface area contributed by atoms with E-state index in [1.54, 1.807) is 0 Å². The average molecular weight is 143 g/mol. The van der Waals surface area contributed by atoms with Gasteiger partial charge in [0, 0.05) is 18.8 Å². The summed E-state index contributed by atoms with van der Waals surface area (Å²) in [6.45, 7) is 3.57. The molecule has 0 aromatic heterocycles. The molecule has 0 radical (unpaired) electrons. The van der Waals surface area contributed by atoms with Crippen molar-refractivity contribution >= 4 is 6.41 Å². The van der Waals surface area contributed by atoms with Crippen LogP contribution in [0.15, 0.2) is 0 Å². The van der Waals surface area contributed by atoms with Gasteiger partial charge in [0.1, 0.15) is 0 Å². The minimum absolute atomic E-state index is 0.0139. The van der Waals surface area contributed by atoms with Crippen LogP contribution >= 0.6 is 0 Å². The molecule has 3 nitrogen and oxygen atoms in total. The van der Waals surface area contributed by atoms with Gasteiger partial charge in [-0.3, -0.25) is 4.79 Å². The Morgan fingerprint density at radius 1 is 1.50 bits per heavy atom. The fraction of sp³-hybridized carbons (Fsp3) is 0.857. The molecule has 0 aromatic carbocycles. The van der Waals surface area contributed by atoms with E-state index in [0.29, 0.717) is 0 Å². The Morgan fingerprint density at radius 3 is 2.60 bits per heavy atom. The van der Waals surface area contributed by atoms with Crippen LogP contribution in [0, 0.1) is 0 Å². The smallest absolute Gasteiger partial charge is 0.207 e. The Kier molecular flexibility index (Phi) is 2.27. The van der Waals surface area contributed by atoms with E-state index in [9.17, 15) is 4.79 Å². The van der Waals surface area contributed by atoms with Gasteiger partial charge in [-0.05, 0) is 19.8 Å². The number of hydrogen-bond acceptors (Lipinski definition) is 2. The third-order valence-electron chi connectivity index (χ3n) is 2.00. The standard InChI is InChI=1S/C7H13NO2/c1-7(8-6-9)2-4-10-5-3-7/h6H,2-5H2,1H3,(H,8,9). The van der Waals surface area contributed by atoms with Gasteiger partial charge in [0.05, 0.1) is 0 Å². The van der Waals surface area contributed by atoms with E-state index >= 15 is 0 Å². The van der Waals surface area contributed by atoms with Crippen molar-refractivity contribution < 1.29 is 9.53 Å². The maximum atomic E-state index is 10.1. The number of hydrogen-bond donors (Lipinski definition) is 1. The molecule has 0 aliphatic carbocycles. The Morgan fingerprint density at radius 2 is 2.10 bits per heavy atom. The molecule has 0 atom stereocenters. The van der Waals surface area contributed by atoms with Gasteiger partial charge in [0.15, 0.2) is 0 Å². The summed E-state index contributed by atoms with van der Waals surface area (Å²) in [7, 11) is 0. The van der Waals surface area contributed by atoms with E-state index in [-0.39, 0.29) is 5.54 Å². The maximum absolute atomic E-state index is 10.1. The summed E-state index contributed by atoms with van der Waals surface area (Å²) in [6.07, 6.45) is 2.61. The number of ether oxygens (including phenoxy) is 1. The van der Waals surface area contributed by atoms with E-state index < -0.39 is 0 Å². The predicted molar refractivity (Wildman–Crippen MR) is 37.7 cm³/mol. The van der Waals surface area contributed by atoms with Crippen LogP contribution in [0.25, 0.3) is 0 Å². The molecule has 1 amide bonds. The average Bonchev–Trinajstić information content (AvgIpc) is 1.89. The van der Waals surface area contributed by atoms with Gasteiger partial charge in [-0.15, -0.1) is 0 Å². The van der Waals surface area contributed by atoms with Crippen LogP contribution < -0.4 is 5.32 Å². The van der Waals surface area contributed by atoms with Gasteiger partial charge >= 0.3 is 0 Å². The largest absolute Gasteiger partial charge is 0.381 e. The van der Waals surface area contributed by atoms with E-state index in [0.717, 1.165) is 32.5 Å². The van der Waals surface area contributed by atoms with E-state index in [1.807, 2.05) is 6.92 Å². The van der Waals surface area contributed by atoms with Gasteiger partial charge < -0.3 is 10.1 Å². The summed E-state index contributed by atoms with van der Waals surface area (Å²) in [5.41, 5.74) is -0.0139. The van der Waals surface area contributed by atoms with Crippen LogP contribution in [0.2, 0.25) is 0 Å². The van der Waals surface area contributed by atoms with Gasteiger partial charge in [-0.25, -0.2) is 0 Å². The molecule has 3 heteroatoms. The topological polar surface area (TPSA) is 38.3 Å². The first-order valence-corrected chi connectivity index (χ1v) is 3.56. The monoisotopic (exact) mass is 143 g/mol. The van der Waals surface area contributed by atoms with Crippen molar-refractivity contribution in [1.82, 2.24) is 5.32 Å². The van der Waals surface area contributed by atoms with Gasteiger partial charge in [0.2, 0.25) is 6.41 Å². The number of carbonyl (C=O) groups is 1. The maximum Gasteiger partial charge on any atom is 0.207 e. The van der Waals surface area contributed by atoms with Crippen LogP contribution in [0.1, 0.15) is 19.8 Å². The minimum atomic E-state index is -0.0139. The molecule has 0 bridgehead atoms. The lowest BCUT2D eigenvalue weighted by molar-refractivity contribution is -0.112. The van der Waals surface area contributed by atoms with Crippen molar-refractivity contribution in [3.63, 3.8) is 0 Å². The molecule has 1 heterocycles. The molecule has 1 N–H and O–H groups in total. The van der Waals surface area contributed by atoms with Gasteiger partial charge in [-0.1, -0.05) is 0 Å². The summed E-state index contributed by atoms with van der Waals surface area (Å²) in [5, 5.41) is 2.80. The molecular formula is C7H13NO2. The number of rotatable bonds is 2. The van der Waals surface area contributed by atoms with E-state index in [1.165, 1.54) is 0 Å². The predicted octanol–water partition coefficient (Wildman–Crippen LogP) is 0.301. The van der Waals surface area contributed by atoms with Crippen molar-refractivity contribution in [2.24, 2.45) is 0 Å². The van der Waals surface area contributed by atoms with Crippen LogP contribution in [-0.2, 0) is 9.53 Å². The summed E-state index contributed by atoms with van der Waals surface area (Å²) in [5.74, 6) is 0. The van der Waals surface area contributed by atoms with Crippen LogP contribution in [0.4, 0.5) is 0 Å². The SMILES string of the molecule is CC1(NC=O)CCOCC1. The Hall–Kier alpha value is -0.570. The second kappa shape index (κ2) is 3.01. The highest BCUT2D eigenvalue weighted by Gasteiger charge is 2.25. The van der Waals surface area contributed by atoms with E-state index in [2.05, 4.69) is 5.32 Å². The van der Waals surface area contributed by atoms with Crippen molar-refractivity contribution in [2.75, 3.05) is 13.2 Å². The second-order valence-electron chi connectivity index (χ2n) is 2.94. The fourth-order valence-electron chi connectivity index (χ4n) is 1.11. The molecule has 1 aliphatic heterocycles. The highest BCUT2D eigenvalue weighted by Crippen LogP contribution is 2.18. The molecule has 0 spiro atoms. The van der Waals surface area contributed by atoms with Crippen LogP contribution in [0.5, 0.6) is 0 Å². The van der Waals surface area contributed by atoms with Gasteiger partial charge in [0.25, 0.3) is 0 Å². The molecule has 1 rings (SSSR count). The zero-order valence-corrected chi connectivity index (χ0v) is 6.22. The zero-order chi connectivity index (χ0) is 7.45. The summed E-state index contributed by atoms with van der Waals surface area (Å²) < 4.78 is 5.16. The second-order valence-corrected chi connectivity index (χ2v) is 2.94. The van der Waals surface area contributed by atoms with E-state index in [4.69, 9.17) is 4.74 Å². The molecule has 1 aliphatic rings. The first-order chi connectivity index (χ1) is 4.77. The highest BCUT2D eigenvalue weighted by atomic mass is 16.5. The molecule has 0 aromatic rings. The Balaban J connectivity index is 2.39. The third kappa shape index (κ3) is 1.70. The lowest BCUT2D eigenvalue weighted by Gasteiger charge is -2.32. The number of nitrogens with one attached hydrogen (secondary N) is 1. The first kappa shape index (κ1) is 7.54. The fourth-order valence-corrected chi connectivity index (χ4v) is 1.11. The molecule has 10 heavy (non-hydrogen) atoms. The number of amides is 1.